The van der Waals surface area contributed by atoms with E-state index >= 15 is 0 Å². The molecule has 1 aliphatic carbocycles. The van der Waals surface area contributed by atoms with Gasteiger partial charge in [0, 0.05) is 46.3 Å². The van der Waals surface area contributed by atoms with E-state index < -0.39 is 0 Å². The van der Waals surface area contributed by atoms with Crippen molar-refractivity contribution in [2.45, 2.75) is 120 Å². The first-order valence-electron chi connectivity index (χ1n) is 19.9. The summed E-state index contributed by atoms with van der Waals surface area (Å²) in [5.41, 5.74) is 11.2. The van der Waals surface area contributed by atoms with Crippen LogP contribution in [0.4, 0.5) is 0 Å². The zero-order valence-corrected chi connectivity index (χ0v) is 34.9. The van der Waals surface area contributed by atoms with Crippen molar-refractivity contribution in [1.82, 2.24) is 19.3 Å². The van der Waals surface area contributed by atoms with Gasteiger partial charge in [0.1, 0.15) is 17.3 Å². The summed E-state index contributed by atoms with van der Waals surface area (Å²) in [6, 6.07) is 26.0. The minimum Gasteiger partial charge on any atom is -0.457 e. The monoisotopic (exact) mass is 720 g/mol. The van der Waals surface area contributed by atoms with E-state index in [1.807, 2.05) is 6.20 Å². The van der Waals surface area contributed by atoms with E-state index in [0.29, 0.717) is 17.8 Å². The van der Waals surface area contributed by atoms with Gasteiger partial charge in [0.2, 0.25) is 0 Å². The fraction of sp³-hybridized carbons (Fsp3) is 0.429. The van der Waals surface area contributed by atoms with Crippen LogP contribution in [0.2, 0.25) is 0 Å². The third-order valence-corrected chi connectivity index (χ3v) is 11.8. The van der Waals surface area contributed by atoms with Gasteiger partial charge in [-0.25, -0.2) is 9.67 Å². The predicted molar refractivity (Wildman–Crippen MR) is 227 cm³/mol. The lowest BCUT2D eigenvalue weighted by Gasteiger charge is -2.45. The number of nitrogens with zero attached hydrogens (tertiary/aromatic N) is 4. The summed E-state index contributed by atoms with van der Waals surface area (Å²) in [6.45, 7) is 30.1. The lowest BCUT2D eigenvalue weighted by molar-refractivity contribution is 0.180. The average Bonchev–Trinajstić information content (AvgIpc) is 3.59. The fourth-order valence-electron chi connectivity index (χ4n) is 8.87. The second kappa shape index (κ2) is 13.6. The van der Waals surface area contributed by atoms with Crippen molar-refractivity contribution < 1.29 is 4.74 Å². The molecule has 0 spiro atoms. The van der Waals surface area contributed by atoms with Crippen molar-refractivity contribution in [3.8, 4) is 23.0 Å². The third kappa shape index (κ3) is 6.91. The highest BCUT2D eigenvalue weighted by Crippen LogP contribution is 2.53. The Morgan fingerprint density at radius 3 is 2.17 bits per heavy atom. The molecular formula is C49H60N4O. The number of pyridine rings is 1. The summed E-state index contributed by atoms with van der Waals surface area (Å²) in [4.78, 5) is 4.88. The number of aryl methyl sites for hydroxylation is 1. The van der Waals surface area contributed by atoms with E-state index in [1.54, 1.807) is 5.57 Å². The van der Waals surface area contributed by atoms with Crippen molar-refractivity contribution in [2.24, 2.45) is 16.7 Å². The molecule has 1 aliphatic rings. The summed E-state index contributed by atoms with van der Waals surface area (Å²) < 4.78 is 11.3. The quantitative estimate of drug-likeness (QED) is 0.161. The van der Waals surface area contributed by atoms with Crippen LogP contribution in [0, 0.1) is 30.6 Å². The van der Waals surface area contributed by atoms with Gasteiger partial charge in [0.15, 0.2) is 0 Å². The summed E-state index contributed by atoms with van der Waals surface area (Å²) in [5, 5.41) is 7.67. The molecule has 5 heteroatoms. The predicted octanol–water partition coefficient (Wildman–Crippen LogP) is 13.7. The van der Waals surface area contributed by atoms with Gasteiger partial charge in [-0.3, -0.25) is 4.57 Å². The third-order valence-electron chi connectivity index (χ3n) is 11.8. The number of benzene rings is 3. The van der Waals surface area contributed by atoms with Crippen LogP contribution < -0.4 is 4.74 Å². The maximum Gasteiger partial charge on any atom is 0.137 e. The van der Waals surface area contributed by atoms with E-state index in [4.69, 9.17) is 14.8 Å². The van der Waals surface area contributed by atoms with Gasteiger partial charge in [0.25, 0.3) is 0 Å². The first-order chi connectivity index (χ1) is 25.3. The van der Waals surface area contributed by atoms with Crippen LogP contribution in [0.3, 0.4) is 0 Å². The standard InChI is InChI=1S/C49H60N4O/c1-30(2)33-25-35(53-32(4)45(31(3)51-53)46-40(48(8,9)10)18-16-19-41(46)49(11,12)13)28-37(26-33)54-36-21-22-39-38-17-14-15-20-42(38)52(43(39)29-36)44-27-34(23-24-50-44)47(5,6)7/h14-15,17-18,20-30,41,46H,16,19H2,1-13H3/t41?,46-/m0/s1. The highest BCUT2D eigenvalue weighted by molar-refractivity contribution is 6.09. The number of aromatic nitrogens is 4. The van der Waals surface area contributed by atoms with Crippen LogP contribution in [0.5, 0.6) is 11.5 Å². The van der Waals surface area contributed by atoms with E-state index in [1.165, 1.54) is 39.6 Å². The molecule has 0 N–H and O–H groups in total. The topological polar surface area (TPSA) is 44.9 Å². The fourth-order valence-corrected chi connectivity index (χ4v) is 8.87. The first kappa shape index (κ1) is 37.7. The van der Waals surface area contributed by atoms with E-state index in [-0.39, 0.29) is 16.2 Å². The molecule has 3 aromatic heterocycles. The van der Waals surface area contributed by atoms with Crippen molar-refractivity contribution in [1.29, 1.82) is 0 Å². The van der Waals surface area contributed by atoms with Gasteiger partial charge in [-0.15, -0.1) is 0 Å². The van der Waals surface area contributed by atoms with Crippen molar-refractivity contribution >= 4 is 21.8 Å². The Bertz CT molecular complexity index is 2380. The zero-order chi connectivity index (χ0) is 38.9. The number of fused-ring (bicyclic) bond motifs is 3. The molecule has 0 saturated carbocycles. The Morgan fingerprint density at radius 2 is 1.48 bits per heavy atom. The van der Waals surface area contributed by atoms with Gasteiger partial charge in [-0.2, -0.15) is 5.10 Å². The molecule has 0 aliphatic heterocycles. The summed E-state index contributed by atoms with van der Waals surface area (Å²) in [7, 11) is 0. The first-order valence-corrected chi connectivity index (χ1v) is 19.9. The Balaban J connectivity index is 1.33. The molecule has 0 fully saturated rings. The maximum absolute atomic E-state index is 6.84. The highest BCUT2D eigenvalue weighted by atomic mass is 16.5. The lowest BCUT2D eigenvalue weighted by atomic mass is 9.59. The zero-order valence-electron chi connectivity index (χ0n) is 34.9. The van der Waals surface area contributed by atoms with Crippen LogP contribution in [0.1, 0.15) is 129 Å². The molecule has 2 atom stereocenters. The van der Waals surface area contributed by atoms with Crippen LogP contribution in [-0.4, -0.2) is 19.3 Å². The van der Waals surface area contributed by atoms with E-state index in [2.05, 4.69) is 178 Å². The van der Waals surface area contributed by atoms with Crippen LogP contribution in [0.15, 0.2) is 90.6 Å². The van der Waals surface area contributed by atoms with Gasteiger partial charge < -0.3 is 4.74 Å². The normalized spacial score (nSPS) is 17.1. The summed E-state index contributed by atoms with van der Waals surface area (Å²) in [5.74, 6) is 3.67. The molecule has 0 amide bonds. The second-order valence-corrected chi connectivity index (χ2v) is 19.1. The van der Waals surface area contributed by atoms with Crippen LogP contribution in [0.25, 0.3) is 33.3 Å². The average molecular weight is 721 g/mol. The van der Waals surface area contributed by atoms with Gasteiger partial charge in [-0.05, 0) is 108 Å². The molecule has 1 unspecified atom stereocenters. The minimum absolute atomic E-state index is 0.00633. The van der Waals surface area contributed by atoms with E-state index in [9.17, 15) is 0 Å². The number of rotatable bonds is 6. The van der Waals surface area contributed by atoms with Crippen LogP contribution in [-0.2, 0) is 5.41 Å². The Labute approximate surface area is 323 Å². The van der Waals surface area contributed by atoms with E-state index in [0.717, 1.165) is 46.2 Å². The van der Waals surface area contributed by atoms with Crippen molar-refractivity contribution in [3.05, 3.63) is 119 Å². The molecule has 0 bridgehead atoms. The molecule has 0 saturated heterocycles. The molecule has 3 heterocycles. The number of allylic oxidation sites excluding steroid dienone is 2. The minimum atomic E-state index is 0.00633. The Hall–Kier alpha value is -4.64. The summed E-state index contributed by atoms with van der Waals surface area (Å²) >= 11 is 0. The molecule has 5 nitrogen and oxygen atoms in total. The van der Waals surface area contributed by atoms with Gasteiger partial charge >= 0.3 is 0 Å². The number of ether oxygens (including phenoxy) is 1. The number of hydrogen-bond acceptors (Lipinski definition) is 3. The summed E-state index contributed by atoms with van der Waals surface area (Å²) in [6.07, 6.45) is 6.79. The largest absolute Gasteiger partial charge is 0.457 e. The number of hydrogen-bond donors (Lipinski definition) is 0. The molecule has 7 rings (SSSR count). The SMILES string of the molecule is Cc1nn(-c2cc(Oc3ccc4c5ccccc5n(-c5cc(C(C)(C)C)ccn5)c4c3)cc(C(C)C)c2)c(C)c1[C@H]1C(C(C)(C)C)=CCCC1C(C)(C)C. The molecule has 6 aromatic rings. The smallest absolute Gasteiger partial charge is 0.137 e. The molecular weight excluding hydrogens is 661 g/mol. The van der Waals surface area contributed by atoms with Gasteiger partial charge in [-0.1, -0.05) is 106 Å². The second-order valence-electron chi connectivity index (χ2n) is 19.1. The molecule has 282 valence electrons. The van der Waals surface area contributed by atoms with Gasteiger partial charge in [0.05, 0.1) is 22.4 Å². The van der Waals surface area contributed by atoms with Crippen LogP contribution >= 0.6 is 0 Å². The Kier molecular flexibility index (Phi) is 9.48. The molecule has 54 heavy (non-hydrogen) atoms. The van der Waals surface area contributed by atoms with Crippen molar-refractivity contribution in [3.63, 3.8) is 0 Å². The number of para-hydroxylation sites is 1. The maximum atomic E-state index is 6.84. The Morgan fingerprint density at radius 1 is 0.759 bits per heavy atom. The molecule has 3 aromatic carbocycles. The molecule has 0 radical (unpaired) electrons. The highest BCUT2D eigenvalue weighted by Gasteiger charge is 2.42. The lowest BCUT2D eigenvalue weighted by Crippen LogP contribution is -2.34. The van der Waals surface area contributed by atoms with Crippen molar-refractivity contribution in [2.75, 3.05) is 0 Å².